The molecule has 58 valence electrons. The monoisotopic (exact) mass is 204 g/mol. The number of halogens is 1. The van der Waals surface area contributed by atoms with Gasteiger partial charge in [0.1, 0.15) is 0 Å². The minimum absolute atomic E-state index is 0. The predicted molar refractivity (Wildman–Crippen MR) is 35.9 cm³/mol. The zero-order valence-corrected chi connectivity index (χ0v) is 8.00. The van der Waals surface area contributed by atoms with Crippen LogP contribution in [0.1, 0.15) is 13.3 Å². The lowest BCUT2D eigenvalue weighted by Crippen LogP contribution is -3.00. The summed E-state index contributed by atoms with van der Waals surface area (Å²) in [6, 6.07) is 2.05. The molecule has 0 bridgehead atoms. The van der Waals surface area contributed by atoms with Crippen LogP contribution in [0.25, 0.3) is 0 Å². The molecule has 0 radical (unpaired) electrons. The molecule has 0 unspecified atom stereocenters. The fourth-order valence-electron chi connectivity index (χ4n) is 0.915. The maximum Gasteiger partial charge on any atom is 0.195 e. The number of aryl methyl sites for hydroxylation is 2. The third-order valence-electron chi connectivity index (χ3n) is 1.42. The molecule has 0 aliphatic heterocycles. The summed E-state index contributed by atoms with van der Waals surface area (Å²) in [6.45, 7) is 3.30. The normalized spacial score (nSPS) is 9.00. The Balaban J connectivity index is 0.000000810. The molecule has 0 spiro atoms. The van der Waals surface area contributed by atoms with Gasteiger partial charge in [-0.1, -0.05) is 6.92 Å². The highest BCUT2D eigenvalue weighted by atomic mass is 79.9. The highest BCUT2D eigenvalue weighted by molar-refractivity contribution is 4.69. The Morgan fingerprint density at radius 3 is 2.60 bits per heavy atom. The van der Waals surface area contributed by atoms with Crippen molar-refractivity contribution < 1.29 is 21.7 Å². The van der Waals surface area contributed by atoms with Crippen LogP contribution >= 0.6 is 0 Å². The van der Waals surface area contributed by atoms with E-state index in [2.05, 4.69) is 41.8 Å². The molecule has 2 nitrogen and oxygen atoms in total. The highest BCUT2D eigenvalue weighted by Gasteiger charge is 1.98. The number of rotatable bonds is 2. The first-order valence-electron chi connectivity index (χ1n) is 3.35. The van der Waals surface area contributed by atoms with Gasteiger partial charge in [0, 0.05) is 12.5 Å². The third-order valence-corrected chi connectivity index (χ3v) is 1.42. The van der Waals surface area contributed by atoms with Gasteiger partial charge in [-0.25, -0.2) is 0 Å². The van der Waals surface area contributed by atoms with Gasteiger partial charge in [0.2, 0.25) is 0 Å². The van der Waals surface area contributed by atoms with Gasteiger partial charge in [-0.3, -0.25) is 0 Å². The molecule has 1 heterocycles. The molecular weight excluding hydrogens is 192 g/mol. The van der Waals surface area contributed by atoms with Crippen LogP contribution in [0.3, 0.4) is 0 Å². The average Bonchev–Trinajstić information content (AvgIpc) is 2.18. The van der Waals surface area contributed by atoms with E-state index in [1.165, 1.54) is 6.42 Å². The molecule has 10 heavy (non-hydrogen) atoms. The van der Waals surface area contributed by atoms with Gasteiger partial charge in [-0.2, -0.15) is 4.68 Å². The Hall–Kier alpha value is -0.310. The Morgan fingerprint density at radius 1 is 1.50 bits per heavy atom. The van der Waals surface area contributed by atoms with Crippen LogP contribution in [0, 0.1) is 0 Å². The molecule has 0 aliphatic carbocycles. The van der Waals surface area contributed by atoms with E-state index >= 15 is 0 Å². The Labute approximate surface area is 72.2 Å². The lowest BCUT2D eigenvalue weighted by Gasteiger charge is -1.91. The summed E-state index contributed by atoms with van der Waals surface area (Å²) < 4.78 is 4.27. The summed E-state index contributed by atoms with van der Waals surface area (Å²) in [5.41, 5.74) is 0. The van der Waals surface area contributed by atoms with E-state index in [-0.39, 0.29) is 17.0 Å². The van der Waals surface area contributed by atoms with Crippen LogP contribution < -0.4 is 21.7 Å². The molecule has 0 atom stereocenters. The average molecular weight is 205 g/mol. The molecule has 0 aliphatic rings. The van der Waals surface area contributed by atoms with Gasteiger partial charge in [0.25, 0.3) is 0 Å². The van der Waals surface area contributed by atoms with Crippen molar-refractivity contribution >= 4 is 0 Å². The molecule has 0 N–H and O–H groups in total. The molecule has 0 fully saturated rings. The van der Waals surface area contributed by atoms with Crippen molar-refractivity contribution in [3.05, 3.63) is 18.5 Å². The van der Waals surface area contributed by atoms with E-state index in [4.69, 9.17) is 0 Å². The van der Waals surface area contributed by atoms with Crippen LogP contribution in [0.2, 0.25) is 0 Å². The molecule has 3 heteroatoms. The molecule has 1 aromatic rings. The Bertz CT molecular complexity index is 183. The Kier molecular flexibility index (Phi) is 4.36. The first kappa shape index (κ1) is 9.69. The second-order valence-corrected chi connectivity index (χ2v) is 2.23. The number of hydrogen-bond donors (Lipinski definition) is 0. The van der Waals surface area contributed by atoms with Crippen LogP contribution in [-0.2, 0) is 13.6 Å². The number of hydrogen-bond acceptors (Lipinski definition) is 0. The SMILES string of the molecule is CCC[n+]1cccn1C.[Br-]. The summed E-state index contributed by atoms with van der Waals surface area (Å²) in [5.74, 6) is 0. The highest BCUT2D eigenvalue weighted by Crippen LogP contribution is 1.78. The van der Waals surface area contributed by atoms with E-state index in [9.17, 15) is 0 Å². The van der Waals surface area contributed by atoms with Crippen molar-refractivity contribution in [1.82, 2.24) is 4.68 Å². The lowest BCUT2D eigenvalue weighted by molar-refractivity contribution is -0.773. The second-order valence-electron chi connectivity index (χ2n) is 2.23. The smallest absolute Gasteiger partial charge is 0.195 e. The predicted octanol–water partition coefficient (Wildman–Crippen LogP) is -2.27. The van der Waals surface area contributed by atoms with Crippen molar-refractivity contribution in [2.45, 2.75) is 19.9 Å². The van der Waals surface area contributed by atoms with Gasteiger partial charge in [0.15, 0.2) is 12.7 Å². The summed E-state index contributed by atoms with van der Waals surface area (Å²) in [5, 5.41) is 0. The van der Waals surface area contributed by atoms with Gasteiger partial charge in [-0.15, -0.1) is 4.68 Å². The topological polar surface area (TPSA) is 8.81 Å². The van der Waals surface area contributed by atoms with Crippen molar-refractivity contribution in [2.75, 3.05) is 0 Å². The lowest BCUT2D eigenvalue weighted by atomic mass is 10.5. The first-order valence-corrected chi connectivity index (χ1v) is 3.35. The third kappa shape index (κ3) is 2.14. The molecule has 0 aromatic carbocycles. The Morgan fingerprint density at radius 2 is 2.20 bits per heavy atom. The van der Waals surface area contributed by atoms with Crippen molar-refractivity contribution in [3.63, 3.8) is 0 Å². The van der Waals surface area contributed by atoms with Crippen LogP contribution in [-0.4, -0.2) is 4.68 Å². The summed E-state index contributed by atoms with van der Waals surface area (Å²) >= 11 is 0. The first-order chi connectivity index (χ1) is 4.34. The summed E-state index contributed by atoms with van der Waals surface area (Å²) in [6.07, 6.45) is 5.33. The quantitative estimate of drug-likeness (QED) is 0.481. The number of aromatic nitrogens is 2. The van der Waals surface area contributed by atoms with Gasteiger partial charge < -0.3 is 17.0 Å². The second kappa shape index (κ2) is 4.50. The molecule has 0 amide bonds. The molecule has 1 rings (SSSR count). The maximum atomic E-state index is 2.18. The minimum atomic E-state index is 0. The summed E-state index contributed by atoms with van der Waals surface area (Å²) in [7, 11) is 2.05. The molecular formula is C7H13BrN2. The largest absolute Gasteiger partial charge is 1.00 e. The van der Waals surface area contributed by atoms with E-state index < -0.39 is 0 Å². The van der Waals surface area contributed by atoms with Crippen molar-refractivity contribution in [3.8, 4) is 0 Å². The van der Waals surface area contributed by atoms with E-state index in [0.29, 0.717) is 0 Å². The molecule has 0 saturated carbocycles. The van der Waals surface area contributed by atoms with Gasteiger partial charge >= 0.3 is 0 Å². The van der Waals surface area contributed by atoms with Crippen LogP contribution in [0.5, 0.6) is 0 Å². The van der Waals surface area contributed by atoms with Gasteiger partial charge in [0.05, 0.1) is 13.2 Å². The summed E-state index contributed by atoms with van der Waals surface area (Å²) in [4.78, 5) is 0. The molecule has 1 aromatic heterocycles. The van der Waals surface area contributed by atoms with Crippen molar-refractivity contribution in [2.24, 2.45) is 7.05 Å². The fraction of sp³-hybridized carbons (Fsp3) is 0.571. The van der Waals surface area contributed by atoms with Crippen molar-refractivity contribution in [1.29, 1.82) is 0 Å². The van der Waals surface area contributed by atoms with E-state index in [1.54, 1.807) is 0 Å². The minimum Gasteiger partial charge on any atom is -1.00 e. The van der Waals surface area contributed by atoms with E-state index in [0.717, 1.165) is 6.54 Å². The maximum absolute atomic E-state index is 2.18. The van der Waals surface area contributed by atoms with E-state index in [1.807, 2.05) is 0 Å². The fourth-order valence-corrected chi connectivity index (χ4v) is 0.915. The molecule has 0 saturated heterocycles. The standard InChI is InChI=1S/C7H13N2.BrH/c1-3-5-9-7-4-6-8(9)2;/h4,6-7H,3,5H2,1-2H3;1H/q+1;/p-1. The number of nitrogens with zero attached hydrogens (tertiary/aromatic N) is 2. The van der Waals surface area contributed by atoms with Crippen LogP contribution in [0.15, 0.2) is 18.5 Å². The zero-order valence-electron chi connectivity index (χ0n) is 6.42. The van der Waals surface area contributed by atoms with Crippen LogP contribution in [0.4, 0.5) is 0 Å². The van der Waals surface area contributed by atoms with Gasteiger partial charge in [-0.05, 0) is 0 Å². The zero-order chi connectivity index (χ0) is 6.69.